The lowest BCUT2D eigenvalue weighted by molar-refractivity contribution is 0.402. The van der Waals surface area contributed by atoms with Crippen LogP contribution in [0.2, 0.25) is 0 Å². The summed E-state index contributed by atoms with van der Waals surface area (Å²) in [5.41, 5.74) is 5.98. The molecule has 0 saturated carbocycles. The molecule has 1 nitrogen and oxygen atoms in total. The van der Waals surface area contributed by atoms with Crippen LogP contribution in [-0.2, 0) is 0 Å². The molecular formula is C20H27N. The van der Waals surface area contributed by atoms with Crippen molar-refractivity contribution in [1.29, 1.82) is 0 Å². The van der Waals surface area contributed by atoms with Crippen LogP contribution in [0.3, 0.4) is 0 Å². The molecule has 3 rings (SSSR count). The Labute approximate surface area is 129 Å². The van der Waals surface area contributed by atoms with Crippen molar-refractivity contribution in [3.63, 3.8) is 0 Å². The smallest absolute Gasteiger partial charge is 0.0381 e. The zero-order chi connectivity index (χ0) is 14.7. The monoisotopic (exact) mass is 281 g/mol. The molecule has 1 N–H and O–H groups in total. The van der Waals surface area contributed by atoms with Crippen LogP contribution < -0.4 is 5.32 Å². The summed E-state index contributed by atoms with van der Waals surface area (Å²) < 4.78 is 0. The Kier molecular flexibility index (Phi) is 4.48. The minimum atomic E-state index is 0.658. The molecule has 2 unspecified atom stereocenters. The summed E-state index contributed by atoms with van der Waals surface area (Å²) in [5.74, 6) is 1.44. The number of para-hydroxylation sites is 1. The molecule has 1 aromatic rings. The lowest BCUT2D eigenvalue weighted by Gasteiger charge is -2.33. The molecule has 0 radical (unpaired) electrons. The van der Waals surface area contributed by atoms with E-state index < -0.39 is 0 Å². The zero-order valence-corrected chi connectivity index (χ0v) is 13.4. The van der Waals surface area contributed by atoms with E-state index in [0.717, 1.165) is 5.92 Å². The van der Waals surface area contributed by atoms with Gasteiger partial charge in [-0.3, -0.25) is 0 Å². The molecule has 2 aliphatic rings. The van der Waals surface area contributed by atoms with Crippen LogP contribution in [0.4, 0.5) is 5.69 Å². The third-order valence-electron chi connectivity index (χ3n) is 5.05. The van der Waals surface area contributed by atoms with Crippen molar-refractivity contribution in [2.45, 2.75) is 52.4 Å². The third kappa shape index (κ3) is 3.40. The van der Waals surface area contributed by atoms with Gasteiger partial charge in [-0.15, -0.1) is 0 Å². The van der Waals surface area contributed by atoms with E-state index in [4.69, 9.17) is 0 Å². The Hall–Kier alpha value is -1.50. The zero-order valence-electron chi connectivity index (χ0n) is 13.4. The quantitative estimate of drug-likeness (QED) is 0.678. The van der Waals surface area contributed by atoms with E-state index in [1.807, 2.05) is 0 Å². The maximum atomic E-state index is 3.71. The number of hydrogen-bond donors (Lipinski definition) is 1. The Morgan fingerprint density at radius 1 is 1.00 bits per heavy atom. The van der Waals surface area contributed by atoms with Gasteiger partial charge in [0.05, 0.1) is 0 Å². The minimum Gasteiger partial charge on any atom is -0.359 e. The van der Waals surface area contributed by atoms with E-state index in [1.165, 1.54) is 49.9 Å². The van der Waals surface area contributed by atoms with E-state index in [9.17, 15) is 0 Å². The fourth-order valence-corrected chi connectivity index (χ4v) is 3.77. The van der Waals surface area contributed by atoms with Crippen LogP contribution in [0.1, 0.15) is 52.4 Å². The Bertz CT molecular complexity index is 538. The molecule has 2 atom stereocenters. The Balaban J connectivity index is 1.89. The molecule has 0 aliphatic heterocycles. The highest BCUT2D eigenvalue weighted by atomic mass is 14.9. The molecule has 1 heteroatoms. The SMILES string of the molecule is CC1=CC(C2=C(Nc3ccccc3)CCCC2)C(C)CC1. The highest BCUT2D eigenvalue weighted by Crippen LogP contribution is 2.39. The van der Waals surface area contributed by atoms with Crippen LogP contribution in [-0.4, -0.2) is 0 Å². The summed E-state index contributed by atoms with van der Waals surface area (Å²) in [6, 6.07) is 10.6. The van der Waals surface area contributed by atoms with Gasteiger partial charge in [-0.2, -0.15) is 0 Å². The predicted molar refractivity (Wildman–Crippen MR) is 91.2 cm³/mol. The number of allylic oxidation sites excluding steroid dienone is 4. The molecule has 0 aromatic heterocycles. The summed E-state index contributed by atoms with van der Waals surface area (Å²) in [6.07, 6.45) is 10.3. The topological polar surface area (TPSA) is 12.0 Å². The summed E-state index contributed by atoms with van der Waals surface area (Å²) in [7, 11) is 0. The maximum absolute atomic E-state index is 3.71. The standard InChI is InChI=1S/C20H27N/c1-15-12-13-16(2)19(14-15)18-10-6-7-11-20(18)21-17-8-4-3-5-9-17/h3-5,8-9,14,16,19,21H,6-7,10-13H2,1-2H3. The lowest BCUT2D eigenvalue weighted by Crippen LogP contribution is -2.21. The number of anilines is 1. The van der Waals surface area contributed by atoms with Crippen molar-refractivity contribution in [2.24, 2.45) is 11.8 Å². The highest BCUT2D eigenvalue weighted by molar-refractivity contribution is 5.50. The largest absolute Gasteiger partial charge is 0.359 e. The third-order valence-corrected chi connectivity index (χ3v) is 5.05. The maximum Gasteiger partial charge on any atom is 0.0381 e. The fourth-order valence-electron chi connectivity index (χ4n) is 3.77. The molecular weight excluding hydrogens is 254 g/mol. The van der Waals surface area contributed by atoms with E-state index in [-0.39, 0.29) is 0 Å². The molecule has 2 aliphatic carbocycles. The van der Waals surface area contributed by atoms with Gasteiger partial charge in [0.25, 0.3) is 0 Å². The summed E-state index contributed by atoms with van der Waals surface area (Å²) in [4.78, 5) is 0. The first-order valence-corrected chi connectivity index (χ1v) is 8.45. The first kappa shape index (κ1) is 14.4. The summed E-state index contributed by atoms with van der Waals surface area (Å²) >= 11 is 0. The van der Waals surface area contributed by atoms with Crippen molar-refractivity contribution in [3.8, 4) is 0 Å². The van der Waals surface area contributed by atoms with Gasteiger partial charge in [0.1, 0.15) is 0 Å². The molecule has 112 valence electrons. The Morgan fingerprint density at radius 3 is 2.57 bits per heavy atom. The van der Waals surface area contributed by atoms with Crippen LogP contribution in [0.15, 0.2) is 53.3 Å². The summed E-state index contributed by atoms with van der Waals surface area (Å²) in [5, 5.41) is 3.71. The van der Waals surface area contributed by atoms with Crippen molar-refractivity contribution in [1.82, 2.24) is 0 Å². The summed E-state index contributed by atoms with van der Waals surface area (Å²) in [6.45, 7) is 4.72. The molecule has 1 aromatic carbocycles. The van der Waals surface area contributed by atoms with E-state index in [1.54, 1.807) is 11.1 Å². The van der Waals surface area contributed by atoms with Crippen molar-refractivity contribution >= 4 is 5.69 Å². The minimum absolute atomic E-state index is 0.658. The molecule has 0 saturated heterocycles. The van der Waals surface area contributed by atoms with Gasteiger partial charge < -0.3 is 5.32 Å². The first-order chi connectivity index (χ1) is 10.2. The lowest BCUT2D eigenvalue weighted by atomic mass is 9.74. The Morgan fingerprint density at radius 2 is 1.76 bits per heavy atom. The van der Waals surface area contributed by atoms with Crippen LogP contribution >= 0.6 is 0 Å². The number of benzene rings is 1. The number of nitrogens with one attached hydrogen (secondary N) is 1. The van der Waals surface area contributed by atoms with Crippen molar-refractivity contribution < 1.29 is 0 Å². The normalized spacial score (nSPS) is 26.5. The first-order valence-electron chi connectivity index (χ1n) is 8.45. The average Bonchev–Trinajstić information content (AvgIpc) is 2.51. The van der Waals surface area contributed by atoms with Crippen molar-refractivity contribution in [2.75, 3.05) is 5.32 Å². The second kappa shape index (κ2) is 6.51. The van der Waals surface area contributed by atoms with Crippen LogP contribution in [0, 0.1) is 11.8 Å². The second-order valence-electron chi connectivity index (χ2n) is 6.76. The average molecular weight is 281 g/mol. The van der Waals surface area contributed by atoms with Gasteiger partial charge in [0.2, 0.25) is 0 Å². The van der Waals surface area contributed by atoms with Crippen LogP contribution in [0.5, 0.6) is 0 Å². The molecule has 21 heavy (non-hydrogen) atoms. The van der Waals surface area contributed by atoms with Gasteiger partial charge in [0.15, 0.2) is 0 Å². The predicted octanol–water partition coefficient (Wildman–Crippen LogP) is 5.92. The van der Waals surface area contributed by atoms with Gasteiger partial charge in [-0.05, 0) is 69.1 Å². The van der Waals surface area contributed by atoms with Gasteiger partial charge >= 0.3 is 0 Å². The van der Waals surface area contributed by atoms with Gasteiger partial charge in [-0.1, -0.05) is 36.8 Å². The number of rotatable bonds is 3. The van der Waals surface area contributed by atoms with Gasteiger partial charge in [-0.25, -0.2) is 0 Å². The van der Waals surface area contributed by atoms with E-state index >= 15 is 0 Å². The molecule has 0 heterocycles. The fraction of sp³-hybridized carbons (Fsp3) is 0.500. The number of hydrogen-bond acceptors (Lipinski definition) is 1. The van der Waals surface area contributed by atoms with Crippen LogP contribution in [0.25, 0.3) is 0 Å². The molecule has 0 bridgehead atoms. The van der Waals surface area contributed by atoms with Crippen molar-refractivity contribution in [3.05, 3.63) is 53.3 Å². The highest BCUT2D eigenvalue weighted by Gasteiger charge is 2.26. The molecule has 0 amide bonds. The van der Waals surface area contributed by atoms with E-state index in [2.05, 4.69) is 55.6 Å². The second-order valence-corrected chi connectivity index (χ2v) is 6.76. The molecule has 0 fully saturated rings. The van der Waals surface area contributed by atoms with Gasteiger partial charge in [0, 0.05) is 17.3 Å². The molecule has 0 spiro atoms. The van der Waals surface area contributed by atoms with E-state index in [0.29, 0.717) is 5.92 Å².